The number of allylic oxidation sites excluding steroid dienone is 1. The van der Waals surface area contributed by atoms with Crippen molar-refractivity contribution in [1.82, 2.24) is 4.98 Å². The number of carbonyl (C=O) groups excluding carboxylic acids is 2. The van der Waals surface area contributed by atoms with Gasteiger partial charge in [0.05, 0.1) is 34.7 Å². The summed E-state index contributed by atoms with van der Waals surface area (Å²) >= 11 is 1.56. The van der Waals surface area contributed by atoms with Crippen LogP contribution < -0.4 is 0 Å². The van der Waals surface area contributed by atoms with Crippen LogP contribution in [0, 0.1) is 18.3 Å². The van der Waals surface area contributed by atoms with Gasteiger partial charge in [-0.3, -0.25) is 9.59 Å². The predicted molar refractivity (Wildman–Crippen MR) is 127 cm³/mol. The van der Waals surface area contributed by atoms with E-state index in [1.807, 2.05) is 31.4 Å². The highest BCUT2D eigenvalue weighted by Crippen LogP contribution is 2.31. The van der Waals surface area contributed by atoms with E-state index in [1.165, 1.54) is 0 Å². The van der Waals surface area contributed by atoms with Crippen LogP contribution in [-0.4, -0.2) is 45.3 Å². The molecule has 32 heavy (non-hydrogen) atoms. The number of carbonyl (C=O) groups is 2. The van der Waals surface area contributed by atoms with Crippen molar-refractivity contribution >= 4 is 29.2 Å². The third-order valence-corrected chi connectivity index (χ3v) is 7.04. The Morgan fingerprint density at radius 2 is 1.97 bits per heavy atom. The molecule has 0 saturated heterocycles. The minimum atomic E-state index is -1.20. The number of thiazole rings is 1. The molecule has 0 saturated carbocycles. The molecule has 0 bridgehead atoms. The van der Waals surface area contributed by atoms with Crippen LogP contribution in [0.5, 0.6) is 0 Å². The summed E-state index contributed by atoms with van der Waals surface area (Å²) in [5.41, 5.74) is 0.530. The van der Waals surface area contributed by atoms with Gasteiger partial charge in [0.25, 0.3) is 0 Å². The molecule has 0 radical (unpaired) electrons. The molecule has 7 heteroatoms. The fourth-order valence-electron chi connectivity index (χ4n) is 3.85. The fraction of sp³-hybridized carbons (Fsp3) is 0.640. The third-order valence-electron chi connectivity index (χ3n) is 6.25. The second-order valence-electron chi connectivity index (χ2n) is 9.31. The summed E-state index contributed by atoms with van der Waals surface area (Å²) in [6, 6.07) is 0. The van der Waals surface area contributed by atoms with E-state index in [1.54, 1.807) is 32.1 Å². The number of esters is 1. The maximum atomic E-state index is 13.0. The van der Waals surface area contributed by atoms with Gasteiger partial charge in [-0.15, -0.1) is 11.3 Å². The number of hydrogen-bond acceptors (Lipinski definition) is 7. The first-order valence-corrected chi connectivity index (χ1v) is 12.3. The van der Waals surface area contributed by atoms with Crippen molar-refractivity contribution in [2.45, 2.75) is 91.5 Å². The minimum absolute atomic E-state index is 0.246. The Morgan fingerprint density at radius 3 is 2.62 bits per heavy atom. The first-order valence-electron chi connectivity index (χ1n) is 11.4. The SMILES string of the molecule is CC(=Cc1csc(C)n1)[C@@H]1CC=CCCCC[C@H](O)[C@@H](C)C(=O)C(C)(C)[C@@H](O)CC(=O)O1. The van der Waals surface area contributed by atoms with E-state index in [-0.39, 0.29) is 12.2 Å². The maximum absolute atomic E-state index is 13.0. The largest absolute Gasteiger partial charge is 0.457 e. The Bertz CT molecular complexity index is 841. The van der Waals surface area contributed by atoms with E-state index >= 15 is 0 Å². The lowest BCUT2D eigenvalue weighted by Gasteiger charge is -2.33. The van der Waals surface area contributed by atoms with Gasteiger partial charge in [0.1, 0.15) is 11.9 Å². The van der Waals surface area contributed by atoms with Crippen molar-refractivity contribution in [2.24, 2.45) is 11.3 Å². The van der Waals surface area contributed by atoms with Crippen LogP contribution in [0.4, 0.5) is 0 Å². The number of ether oxygens (including phenoxy) is 1. The molecule has 1 aliphatic rings. The molecule has 1 aliphatic heterocycles. The Kier molecular flexibility index (Phi) is 9.80. The van der Waals surface area contributed by atoms with Gasteiger partial charge in [-0.25, -0.2) is 4.98 Å². The zero-order chi connectivity index (χ0) is 23.9. The number of Topliss-reactive ketones (excluding diaryl/α,β-unsaturated/α-hetero) is 1. The standard InChI is InChI=1S/C25H37NO5S/c1-16(13-19-15-32-18(3)26-19)21-12-10-8-6-7-9-11-20(27)17(2)24(30)25(4,5)22(28)14-23(29)31-21/h8,10,13,15,17,20-22,27-28H,6-7,9,11-12,14H2,1-5H3/t17-,20+,21+,22+/m1/s1. The molecule has 2 rings (SSSR count). The number of aryl methyl sites for hydroxylation is 1. The number of ketones is 1. The molecule has 2 heterocycles. The molecule has 0 amide bonds. The van der Waals surface area contributed by atoms with Gasteiger partial charge >= 0.3 is 5.97 Å². The van der Waals surface area contributed by atoms with Crippen molar-refractivity contribution in [3.05, 3.63) is 33.8 Å². The quantitative estimate of drug-likeness (QED) is 0.490. The zero-order valence-corrected chi connectivity index (χ0v) is 20.7. The molecule has 1 aromatic rings. The van der Waals surface area contributed by atoms with E-state index < -0.39 is 35.6 Å². The molecule has 1 aromatic heterocycles. The van der Waals surface area contributed by atoms with Crippen LogP contribution in [0.25, 0.3) is 6.08 Å². The van der Waals surface area contributed by atoms with Crippen LogP contribution >= 0.6 is 11.3 Å². The van der Waals surface area contributed by atoms with Crippen LogP contribution in [0.1, 0.15) is 76.9 Å². The first-order chi connectivity index (χ1) is 15.0. The summed E-state index contributed by atoms with van der Waals surface area (Å²) in [5, 5.41) is 24.1. The number of aliphatic hydroxyl groups excluding tert-OH is 2. The normalized spacial score (nSPS) is 29.0. The zero-order valence-electron chi connectivity index (χ0n) is 19.8. The van der Waals surface area contributed by atoms with Gasteiger partial charge in [-0.2, -0.15) is 0 Å². The van der Waals surface area contributed by atoms with Gasteiger partial charge in [0.15, 0.2) is 0 Å². The molecule has 6 nitrogen and oxygen atoms in total. The van der Waals surface area contributed by atoms with E-state index in [4.69, 9.17) is 4.74 Å². The van der Waals surface area contributed by atoms with Crippen molar-refractivity contribution < 1.29 is 24.5 Å². The highest BCUT2D eigenvalue weighted by molar-refractivity contribution is 7.09. The van der Waals surface area contributed by atoms with E-state index in [0.717, 1.165) is 35.5 Å². The summed E-state index contributed by atoms with van der Waals surface area (Å²) in [4.78, 5) is 30.1. The van der Waals surface area contributed by atoms with Crippen LogP contribution in [0.2, 0.25) is 0 Å². The molecule has 0 aliphatic carbocycles. The average Bonchev–Trinajstić information content (AvgIpc) is 3.14. The van der Waals surface area contributed by atoms with Crippen molar-refractivity contribution in [3.8, 4) is 0 Å². The Hall–Kier alpha value is -1.83. The molecule has 178 valence electrons. The number of hydrogen-bond donors (Lipinski definition) is 2. The highest BCUT2D eigenvalue weighted by atomic mass is 32.1. The molecular weight excluding hydrogens is 426 g/mol. The van der Waals surface area contributed by atoms with Gasteiger partial charge in [-0.05, 0) is 44.8 Å². The van der Waals surface area contributed by atoms with E-state index in [9.17, 15) is 19.8 Å². The summed E-state index contributed by atoms with van der Waals surface area (Å²) in [6.45, 7) is 8.78. The Labute approximate surface area is 195 Å². The van der Waals surface area contributed by atoms with Gasteiger partial charge in [0.2, 0.25) is 0 Å². The lowest BCUT2D eigenvalue weighted by molar-refractivity contribution is -0.153. The lowest BCUT2D eigenvalue weighted by Crippen LogP contribution is -2.44. The highest BCUT2D eigenvalue weighted by Gasteiger charge is 2.41. The minimum Gasteiger partial charge on any atom is -0.457 e. The first kappa shape index (κ1) is 26.4. The average molecular weight is 464 g/mol. The molecule has 2 N–H and O–H groups in total. The number of aliphatic hydroxyl groups is 2. The summed E-state index contributed by atoms with van der Waals surface area (Å²) in [5.74, 6) is -1.42. The Morgan fingerprint density at radius 1 is 1.25 bits per heavy atom. The summed E-state index contributed by atoms with van der Waals surface area (Å²) < 4.78 is 5.74. The van der Waals surface area contributed by atoms with Crippen LogP contribution in [0.15, 0.2) is 23.1 Å². The fourth-order valence-corrected chi connectivity index (χ4v) is 4.42. The second kappa shape index (κ2) is 11.9. The number of cyclic esters (lactones) is 1. The molecule has 0 fully saturated rings. The monoisotopic (exact) mass is 463 g/mol. The molecule has 0 aromatic carbocycles. The maximum Gasteiger partial charge on any atom is 0.309 e. The summed E-state index contributed by atoms with van der Waals surface area (Å²) in [6.07, 6.45) is 6.89. The van der Waals surface area contributed by atoms with Crippen molar-refractivity contribution in [2.75, 3.05) is 0 Å². The molecule has 0 unspecified atom stereocenters. The number of nitrogens with zero attached hydrogens (tertiary/aromatic N) is 1. The van der Waals surface area contributed by atoms with Crippen molar-refractivity contribution in [3.63, 3.8) is 0 Å². The van der Waals surface area contributed by atoms with E-state index in [2.05, 4.69) is 11.1 Å². The Balaban J connectivity index is 2.24. The van der Waals surface area contributed by atoms with Crippen LogP contribution in [0.3, 0.4) is 0 Å². The predicted octanol–water partition coefficient (Wildman–Crippen LogP) is 4.63. The van der Waals surface area contributed by atoms with Crippen molar-refractivity contribution in [1.29, 1.82) is 0 Å². The van der Waals surface area contributed by atoms with Gasteiger partial charge in [0, 0.05) is 17.7 Å². The van der Waals surface area contributed by atoms with Gasteiger partial charge in [-0.1, -0.05) is 39.3 Å². The topological polar surface area (TPSA) is 96.7 Å². The number of rotatable bonds is 2. The van der Waals surface area contributed by atoms with E-state index in [0.29, 0.717) is 12.8 Å². The third kappa shape index (κ3) is 7.36. The lowest BCUT2D eigenvalue weighted by atomic mass is 9.74. The second-order valence-corrected chi connectivity index (χ2v) is 10.4. The van der Waals surface area contributed by atoms with Gasteiger partial charge < -0.3 is 14.9 Å². The smallest absolute Gasteiger partial charge is 0.309 e. The molecule has 0 spiro atoms. The molecule has 4 atom stereocenters. The molecular formula is C25H37NO5S. The summed E-state index contributed by atoms with van der Waals surface area (Å²) in [7, 11) is 0. The van der Waals surface area contributed by atoms with Crippen LogP contribution in [-0.2, 0) is 14.3 Å². The number of aromatic nitrogens is 1.